The molecule has 10 heteroatoms. The Bertz CT molecular complexity index is 1150. The monoisotopic (exact) mass is 534 g/mol. The van der Waals surface area contributed by atoms with Crippen LogP contribution in [-0.2, 0) is 30.5 Å². The first-order valence-corrected chi connectivity index (χ1v) is 14.3. The Balaban J connectivity index is 1.53. The topological polar surface area (TPSA) is 93.2 Å². The minimum absolute atomic E-state index is 0.0240. The molecule has 1 heterocycles. The first kappa shape index (κ1) is 28.6. The fourth-order valence-electron chi connectivity index (χ4n) is 4.66. The van der Waals surface area contributed by atoms with Crippen molar-refractivity contribution in [2.24, 2.45) is 0 Å². The van der Waals surface area contributed by atoms with Gasteiger partial charge in [0.05, 0.1) is 18.4 Å². The van der Waals surface area contributed by atoms with Crippen molar-refractivity contribution in [3.63, 3.8) is 0 Å². The molecule has 0 aromatic heterocycles. The quantitative estimate of drug-likeness (QED) is 0.426. The number of benzene rings is 2. The zero-order valence-electron chi connectivity index (χ0n) is 21.6. The Morgan fingerprint density at radius 2 is 1.70 bits per heavy atom. The predicted molar refractivity (Wildman–Crippen MR) is 137 cm³/mol. The normalized spacial score (nSPS) is 15.7. The fraction of sp³-hybridized carbons (Fsp3) is 0.481. The number of hydrogen-bond donors (Lipinski definition) is 0. The summed E-state index contributed by atoms with van der Waals surface area (Å²) >= 11 is 0. The number of likely N-dealkylation sites (tertiary alicyclic amines) is 1. The number of piperidine rings is 1. The van der Waals surface area contributed by atoms with Crippen LogP contribution < -0.4 is 0 Å². The van der Waals surface area contributed by atoms with Crippen molar-refractivity contribution in [2.75, 3.05) is 39.5 Å². The summed E-state index contributed by atoms with van der Waals surface area (Å²) in [6, 6.07) is 12.5. The van der Waals surface area contributed by atoms with Crippen molar-refractivity contribution >= 4 is 21.9 Å². The first-order valence-electron chi connectivity index (χ1n) is 12.4. The maximum Gasteiger partial charge on any atom is 0.508 e. The molecule has 1 atom stereocenters. The molecule has 0 bridgehead atoms. The highest BCUT2D eigenvalue weighted by Crippen LogP contribution is 2.25. The average Bonchev–Trinajstić information content (AvgIpc) is 2.88. The molecule has 2 aromatic carbocycles. The van der Waals surface area contributed by atoms with E-state index >= 15 is 0 Å². The molecule has 1 aliphatic heterocycles. The molecule has 1 aliphatic rings. The van der Waals surface area contributed by atoms with E-state index in [1.54, 1.807) is 24.3 Å². The zero-order valence-corrected chi connectivity index (χ0v) is 22.4. The van der Waals surface area contributed by atoms with Crippen LogP contribution in [0.1, 0.15) is 43.4 Å². The second-order valence-corrected chi connectivity index (χ2v) is 11.3. The summed E-state index contributed by atoms with van der Waals surface area (Å²) < 4.78 is 46.7. The summed E-state index contributed by atoms with van der Waals surface area (Å²) in [6.45, 7) is 4.84. The molecule has 1 saturated heterocycles. The number of hydrogen-bond acceptors (Lipinski definition) is 7. The molecule has 1 unspecified atom stereocenters. The summed E-state index contributed by atoms with van der Waals surface area (Å²) in [5.74, 6) is -0.334. The predicted octanol–water partition coefficient (Wildman–Crippen LogP) is 4.00. The van der Waals surface area contributed by atoms with E-state index < -0.39 is 22.1 Å². The van der Waals surface area contributed by atoms with Gasteiger partial charge in [-0.3, -0.25) is 4.79 Å². The van der Waals surface area contributed by atoms with Gasteiger partial charge in [-0.2, -0.15) is 0 Å². The molecular formula is C27H35FN2O6S. The first-order chi connectivity index (χ1) is 17.6. The molecule has 0 aliphatic carbocycles. The molecule has 0 spiro atoms. The lowest BCUT2D eigenvalue weighted by Gasteiger charge is -2.38. The van der Waals surface area contributed by atoms with Crippen LogP contribution in [0.5, 0.6) is 0 Å². The van der Waals surface area contributed by atoms with Crippen LogP contribution >= 0.6 is 0 Å². The van der Waals surface area contributed by atoms with Gasteiger partial charge in [0.25, 0.3) is 0 Å². The Morgan fingerprint density at radius 3 is 2.24 bits per heavy atom. The summed E-state index contributed by atoms with van der Waals surface area (Å²) in [6.07, 6.45) is 2.24. The van der Waals surface area contributed by atoms with Gasteiger partial charge in [-0.25, -0.2) is 17.6 Å². The molecule has 1 fully saturated rings. The van der Waals surface area contributed by atoms with Crippen LogP contribution in [0.4, 0.5) is 9.18 Å². The van der Waals surface area contributed by atoms with Crippen LogP contribution in [-0.4, -0.2) is 75.9 Å². The summed E-state index contributed by atoms with van der Waals surface area (Å²) in [5.41, 5.74) is 1.49. The largest absolute Gasteiger partial charge is 0.508 e. The van der Waals surface area contributed by atoms with Crippen molar-refractivity contribution in [1.82, 2.24) is 9.80 Å². The van der Waals surface area contributed by atoms with E-state index in [0.29, 0.717) is 25.1 Å². The third-order valence-corrected chi connectivity index (χ3v) is 7.85. The highest BCUT2D eigenvalue weighted by Gasteiger charge is 2.28. The van der Waals surface area contributed by atoms with Crippen LogP contribution in [0, 0.1) is 5.82 Å². The second-order valence-electron chi connectivity index (χ2n) is 9.25. The molecule has 1 amide bonds. The van der Waals surface area contributed by atoms with E-state index in [1.807, 2.05) is 11.8 Å². The lowest BCUT2D eigenvalue weighted by Crippen LogP contribution is -2.48. The number of sulfone groups is 1. The van der Waals surface area contributed by atoms with Gasteiger partial charge in [0, 0.05) is 44.9 Å². The lowest BCUT2D eigenvalue weighted by molar-refractivity contribution is -0.133. The van der Waals surface area contributed by atoms with Crippen molar-refractivity contribution in [3.8, 4) is 0 Å². The maximum atomic E-state index is 13.3. The number of halogens is 1. The third kappa shape index (κ3) is 8.26. The van der Waals surface area contributed by atoms with Gasteiger partial charge >= 0.3 is 6.16 Å². The lowest BCUT2D eigenvalue weighted by atomic mass is 10.0. The highest BCUT2D eigenvalue weighted by molar-refractivity contribution is 7.90. The molecule has 202 valence electrons. The molecule has 0 radical (unpaired) electrons. The summed E-state index contributed by atoms with van der Waals surface area (Å²) in [4.78, 5) is 29.2. The third-order valence-electron chi connectivity index (χ3n) is 6.72. The number of likely N-dealkylation sites (N-methyl/N-ethyl adjacent to an activating group) is 1. The Morgan fingerprint density at radius 1 is 1.08 bits per heavy atom. The Kier molecular flexibility index (Phi) is 10.0. The van der Waals surface area contributed by atoms with Gasteiger partial charge in [-0.1, -0.05) is 24.3 Å². The van der Waals surface area contributed by atoms with Crippen molar-refractivity contribution in [3.05, 3.63) is 65.5 Å². The number of ether oxygens (including phenoxy) is 2. The van der Waals surface area contributed by atoms with Gasteiger partial charge in [0.1, 0.15) is 11.9 Å². The van der Waals surface area contributed by atoms with Gasteiger partial charge in [-0.15, -0.1) is 0 Å². The van der Waals surface area contributed by atoms with Crippen LogP contribution in [0.25, 0.3) is 0 Å². The molecule has 2 aromatic rings. The Hall–Kier alpha value is -2.98. The van der Waals surface area contributed by atoms with E-state index in [2.05, 4.69) is 9.64 Å². The fourth-order valence-corrected chi connectivity index (χ4v) is 5.29. The molecule has 0 N–H and O–H groups in total. The molecule has 8 nitrogen and oxygen atoms in total. The minimum atomic E-state index is -3.27. The van der Waals surface area contributed by atoms with E-state index in [1.165, 1.54) is 31.4 Å². The van der Waals surface area contributed by atoms with E-state index in [9.17, 15) is 22.4 Å². The minimum Gasteiger partial charge on any atom is -0.438 e. The number of methoxy groups -OCH3 is 1. The smallest absolute Gasteiger partial charge is 0.438 e. The number of rotatable bonds is 10. The summed E-state index contributed by atoms with van der Waals surface area (Å²) in [7, 11) is -2.02. The molecule has 0 saturated carbocycles. The standard InChI is InChI=1S/C27H35FN2O6S/c1-4-30(26(31)19-20-5-11-24(12-6-20)37(3,33)34)23-13-16-29(17-14-23)18-15-25(36-27(32)35-2)21-7-9-22(28)10-8-21/h5-12,23,25H,4,13-19H2,1-3H3. The molecule has 3 rings (SSSR count). The molecule has 37 heavy (non-hydrogen) atoms. The maximum absolute atomic E-state index is 13.3. The van der Waals surface area contributed by atoms with Crippen LogP contribution in [0.3, 0.4) is 0 Å². The second kappa shape index (κ2) is 13.0. The van der Waals surface area contributed by atoms with Crippen molar-refractivity contribution in [1.29, 1.82) is 0 Å². The van der Waals surface area contributed by atoms with E-state index in [0.717, 1.165) is 37.8 Å². The van der Waals surface area contributed by atoms with Crippen molar-refractivity contribution in [2.45, 2.75) is 49.6 Å². The van der Waals surface area contributed by atoms with Gasteiger partial charge in [-0.05, 0) is 55.2 Å². The molecular weight excluding hydrogens is 499 g/mol. The van der Waals surface area contributed by atoms with Gasteiger partial charge < -0.3 is 19.3 Å². The van der Waals surface area contributed by atoms with Crippen LogP contribution in [0.15, 0.2) is 53.4 Å². The zero-order chi connectivity index (χ0) is 27.0. The van der Waals surface area contributed by atoms with Gasteiger partial charge in [0.2, 0.25) is 5.91 Å². The highest BCUT2D eigenvalue weighted by atomic mass is 32.2. The van der Waals surface area contributed by atoms with Gasteiger partial charge in [0.15, 0.2) is 9.84 Å². The van der Waals surface area contributed by atoms with E-state index in [-0.39, 0.29) is 29.1 Å². The number of amides is 1. The Labute approximate surface area is 218 Å². The SMILES string of the molecule is CCN(C(=O)Cc1ccc(S(C)(=O)=O)cc1)C1CCN(CCC(OC(=O)OC)c2ccc(F)cc2)CC1. The number of nitrogens with zero attached hydrogens (tertiary/aromatic N) is 2. The number of carbonyl (C=O) groups is 2. The van der Waals surface area contributed by atoms with Crippen molar-refractivity contribution < 1.29 is 31.9 Å². The summed E-state index contributed by atoms with van der Waals surface area (Å²) in [5, 5.41) is 0. The van der Waals surface area contributed by atoms with Crippen LogP contribution in [0.2, 0.25) is 0 Å². The number of carbonyl (C=O) groups excluding carboxylic acids is 2. The average molecular weight is 535 g/mol. The van der Waals surface area contributed by atoms with E-state index in [4.69, 9.17) is 4.74 Å².